The molecule has 0 fully saturated rings. The van der Waals surface area contributed by atoms with E-state index in [1.807, 2.05) is 18.2 Å². The van der Waals surface area contributed by atoms with E-state index in [4.69, 9.17) is 4.74 Å². The average Bonchev–Trinajstić information content (AvgIpc) is 3.11. The van der Waals surface area contributed by atoms with E-state index in [-0.39, 0.29) is 0 Å². The highest BCUT2D eigenvalue weighted by Gasteiger charge is 2.28. The second-order valence-electron chi connectivity index (χ2n) is 4.18. The smallest absolute Gasteiger partial charge is 0.210 e. The van der Waals surface area contributed by atoms with Crippen LogP contribution in [0, 0.1) is 4.91 Å². The molecule has 0 aliphatic carbocycles. The predicted octanol–water partition coefficient (Wildman–Crippen LogP) is 2.25. The summed E-state index contributed by atoms with van der Waals surface area (Å²) >= 11 is 2.99. The Labute approximate surface area is 122 Å². The molecule has 1 N–H and O–H groups in total. The van der Waals surface area contributed by atoms with E-state index >= 15 is 0 Å². The summed E-state index contributed by atoms with van der Waals surface area (Å²) in [6, 6.07) is 5.20. The van der Waals surface area contributed by atoms with Gasteiger partial charge in [-0.3, -0.25) is 4.99 Å². The van der Waals surface area contributed by atoms with Crippen LogP contribution in [0.2, 0.25) is 0 Å². The Hall–Kier alpha value is -1.51. The summed E-state index contributed by atoms with van der Waals surface area (Å²) in [7, 11) is 1.62. The third-order valence-corrected chi connectivity index (χ3v) is 5.14. The lowest BCUT2D eigenvalue weighted by Crippen LogP contribution is -2.21. The molecule has 3 rings (SSSR count). The van der Waals surface area contributed by atoms with Crippen molar-refractivity contribution in [3.63, 3.8) is 0 Å². The minimum atomic E-state index is -1.28. The standard InChI is InChI=1S/C12H11N3O3S2/c1-18-6-2-3-7-9(4-6)20-12(13-7)11-14-8(5-19-11)10(16)15-17/h2-4,8,10,16H,5H2,1H3/t8-,10?/m1/s1. The maximum atomic E-state index is 10.3. The summed E-state index contributed by atoms with van der Waals surface area (Å²) in [4.78, 5) is 19.2. The maximum Gasteiger partial charge on any atom is 0.210 e. The molecule has 2 heterocycles. The quantitative estimate of drug-likeness (QED) is 0.876. The van der Waals surface area contributed by atoms with Crippen molar-refractivity contribution in [1.82, 2.24) is 4.98 Å². The molecular formula is C12H11N3O3S2. The van der Waals surface area contributed by atoms with E-state index in [1.54, 1.807) is 7.11 Å². The number of rotatable bonds is 4. The summed E-state index contributed by atoms with van der Waals surface area (Å²) in [6.45, 7) is 0. The molecule has 0 radical (unpaired) electrons. The van der Waals surface area contributed by atoms with Gasteiger partial charge in [0, 0.05) is 5.75 Å². The molecule has 0 bridgehead atoms. The van der Waals surface area contributed by atoms with Gasteiger partial charge in [0.05, 0.1) is 17.3 Å². The Balaban J connectivity index is 1.93. The molecule has 0 amide bonds. The number of benzene rings is 1. The predicted molar refractivity (Wildman–Crippen MR) is 80.8 cm³/mol. The fourth-order valence-electron chi connectivity index (χ4n) is 1.85. The number of ether oxygens (including phenoxy) is 1. The molecule has 6 nitrogen and oxygen atoms in total. The van der Waals surface area contributed by atoms with Gasteiger partial charge in [0.15, 0.2) is 0 Å². The van der Waals surface area contributed by atoms with Gasteiger partial charge in [-0.2, -0.15) is 0 Å². The van der Waals surface area contributed by atoms with Crippen LogP contribution in [-0.4, -0.2) is 40.3 Å². The minimum Gasteiger partial charge on any atom is -0.497 e. The Morgan fingerprint density at radius 1 is 1.55 bits per heavy atom. The molecule has 8 heteroatoms. The maximum absolute atomic E-state index is 10.3. The fourth-order valence-corrected chi connectivity index (χ4v) is 3.99. The van der Waals surface area contributed by atoms with Gasteiger partial charge < -0.3 is 9.84 Å². The molecule has 1 aliphatic heterocycles. The van der Waals surface area contributed by atoms with Crippen LogP contribution in [-0.2, 0) is 0 Å². The number of aliphatic imine (C=N–C) groups is 1. The molecule has 1 aromatic carbocycles. The van der Waals surface area contributed by atoms with Crippen molar-refractivity contribution < 1.29 is 9.84 Å². The highest BCUT2D eigenvalue weighted by molar-refractivity contribution is 8.15. The molecular weight excluding hydrogens is 298 g/mol. The van der Waals surface area contributed by atoms with Gasteiger partial charge in [-0.15, -0.1) is 28.0 Å². The number of aromatic nitrogens is 1. The molecule has 2 atom stereocenters. The number of aliphatic hydroxyl groups is 1. The Morgan fingerprint density at radius 3 is 3.15 bits per heavy atom. The van der Waals surface area contributed by atoms with Crippen molar-refractivity contribution in [3.05, 3.63) is 28.1 Å². The van der Waals surface area contributed by atoms with E-state index in [0.29, 0.717) is 5.75 Å². The number of thiazole rings is 1. The highest BCUT2D eigenvalue weighted by Crippen LogP contribution is 2.32. The molecule has 1 aliphatic rings. The summed E-state index contributed by atoms with van der Waals surface area (Å²) in [5.74, 6) is 1.33. The van der Waals surface area contributed by atoms with Gasteiger partial charge in [-0.25, -0.2) is 4.98 Å². The summed E-state index contributed by atoms with van der Waals surface area (Å²) < 4.78 is 6.20. The van der Waals surface area contributed by atoms with Crippen molar-refractivity contribution in [1.29, 1.82) is 0 Å². The van der Waals surface area contributed by atoms with Crippen molar-refractivity contribution in [2.45, 2.75) is 12.3 Å². The third kappa shape index (κ3) is 2.41. The monoisotopic (exact) mass is 309 g/mol. The summed E-state index contributed by atoms with van der Waals surface area (Å²) in [5, 5.41) is 13.6. The topological polar surface area (TPSA) is 84.1 Å². The van der Waals surface area contributed by atoms with Crippen molar-refractivity contribution in [2.24, 2.45) is 10.2 Å². The number of hydrogen-bond acceptors (Lipinski definition) is 8. The number of aliphatic hydroxyl groups excluding tert-OH is 1. The van der Waals surface area contributed by atoms with Crippen LogP contribution < -0.4 is 4.74 Å². The first-order chi connectivity index (χ1) is 9.71. The largest absolute Gasteiger partial charge is 0.497 e. The molecule has 104 valence electrons. The SMILES string of the molecule is COc1ccc2nc(C3=N[C@@H](C(O)N=O)CS3)sc2c1. The van der Waals surface area contributed by atoms with Crippen LogP contribution >= 0.6 is 23.1 Å². The van der Waals surface area contributed by atoms with Crippen LogP contribution in [0.5, 0.6) is 5.75 Å². The van der Waals surface area contributed by atoms with Crippen molar-refractivity contribution in [2.75, 3.05) is 12.9 Å². The summed E-state index contributed by atoms with van der Waals surface area (Å²) in [6.07, 6.45) is -1.28. The summed E-state index contributed by atoms with van der Waals surface area (Å²) in [5.41, 5.74) is 0.881. The lowest BCUT2D eigenvalue weighted by molar-refractivity contribution is 0.162. The zero-order chi connectivity index (χ0) is 14.1. The second kappa shape index (κ2) is 5.47. The Morgan fingerprint density at radius 2 is 2.40 bits per heavy atom. The van der Waals surface area contributed by atoms with E-state index < -0.39 is 12.3 Å². The van der Waals surface area contributed by atoms with E-state index in [1.165, 1.54) is 23.1 Å². The minimum absolute atomic E-state index is 0.478. The van der Waals surface area contributed by atoms with E-state index in [0.717, 1.165) is 26.0 Å². The third-order valence-electron chi connectivity index (χ3n) is 2.90. The number of thioether (sulfide) groups is 1. The van der Waals surface area contributed by atoms with Crippen LogP contribution in [0.4, 0.5) is 0 Å². The zero-order valence-corrected chi connectivity index (χ0v) is 12.1. The number of methoxy groups -OCH3 is 1. The number of fused-ring (bicyclic) bond motifs is 1. The molecule has 1 unspecified atom stereocenters. The number of nitroso groups, excluding NO2 is 1. The first-order valence-electron chi connectivity index (χ1n) is 5.87. The lowest BCUT2D eigenvalue weighted by Gasteiger charge is -2.04. The van der Waals surface area contributed by atoms with Gasteiger partial charge in [0.2, 0.25) is 6.23 Å². The second-order valence-corrected chi connectivity index (χ2v) is 6.22. The van der Waals surface area contributed by atoms with Gasteiger partial charge >= 0.3 is 0 Å². The van der Waals surface area contributed by atoms with E-state index in [2.05, 4.69) is 15.2 Å². The first kappa shape index (κ1) is 13.5. The van der Waals surface area contributed by atoms with Gasteiger partial charge in [-0.1, -0.05) is 0 Å². The van der Waals surface area contributed by atoms with Crippen molar-refractivity contribution >= 4 is 38.4 Å². The van der Waals surface area contributed by atoms with Crippen LogP contribution in [0.3, 0.4) is 0 Å². The van der Waals surface area contributed by atoms with Crippen molar-refractivity contribution in [3.8, 4) is 5.75 Å². The molecule has 0 spiro atoms. The molecule has 0 saturated heterocycles. The Kier molecular flexibility index (Phi) is 3.68. The number of hydrogen-bond donors (Lipinski definition) is 1. The number of nitrogens with zero attached hydrogens (tertiary/aromatic N) is 3. The molecule has 20 heavy (non-hydrogen) atoms. The highest BCUT2D eigenvalue weighted by atomic mass is 32.2. The van der Waals surface area contributed by atoms with Crippen LogP contribution in [0.25, 0.3) is 10.2 Å². The Bertz CT molecular complexity index is 686. The molecule has 0 saturated carbocycles. The molecule has 1 aromatic heterocycles. The first-order valence-corrected chi connectivity index (χ1v) is 7.67. The van der Waals surface area contributed by atoms with Gasteiger partial charge in [0.25, 0.3) is 0 Å². The zero-order valence-electron chi connectivity index (χ0n) is 10.5. The van der Waals surface area contributed by atoms with Crippen LogP contribution in [0.15, 0.2) is 28.4 Å². The molecule has 2 aromatic rings. The fraction of sp³-hybridized carbons (Fsp3) is 0.333. The van der Waals surface area contributed by atoms with Gasteiger partial charge in [-0.05, 0) is 23.4 Å². The average molecular weight is 309 g/mol. The van der Waals surface area contributed by atoms with E-state index in [9.17, 15) is 10.0 Å². The normalized spacial score (nSPS) is 19.9. The van der Waals surface area contributed by atoms with Crippen LogP contribution in [0.1, 0.15) is 5.01 Å². The lowest BCUT2D eigenvalue weighted by atomic mass is 10.3. The van der Waals surface area contributed by atoms with Gasteiger partial charge in [0.1, 0.15) is 21.8 Å².